The molecule has 0 saturated carbocycles. The number of Topliss-reactive ketones (excluding diaryl/α,β-unsaturated/α-hetero) is 2. The van der Waals surface area contributed by atoms with Crippen LogP contribution in [0.3, 0.4) is 0 Å². The van der Waals surface area contributed by atoms with Crippen LogP contribution < -0.4 is 22.1 Å². The zero-order chi connectivity index (χ0) is 25.4. The van der Waals surface area contributed by atoms with Gasteiger partial charge in [0.05, 0.1) is 12.1 Å². The topological polar surface area (TPSA) is 110 Å². The van der Waals surface area contributed by atoms with E-state index < -0.39 is 16.9 Å². The highest BCUT2D eigenvalue weighted by Gasteiger charge is 2.45. The van der Waals surface area contributed by atoms with Gasteiger partial charge in [-0.05, 0) is 73.4 Å². The molecule has 2 atom stereocenters. The molecule has 0 aromatic heterocycles. The molecular weight excluding hydrogens is 400 g/mol. The van der Waals surface area contributed by atoms with Crippen LogP contribution in [0.25, 0.3) is 0 Å². The van der Waals surface area contributed by atoms with Crippen molar-refractivity contribution in [1.29, 1.82) is 0 Å². The van der Waals surface area contributed by atoms with Crippen molar-refractivity contribution in [1.82, 2.24) is 10.6 Å². The fraction of sp³-hybridized carbons (Fsp3) is 0.923. The number of nitrogens with one attached hydrogen (secondary N) is 2. The van der Waals surface area contributed by atoms with Crippen molar-refractivity contribution in [3.63, 3.8) is 0 Å². The standard InChI is InChI=1S/C26H54N4O2/c1-23(2,3)21(31)19(28)15-12-14-18-29-26(9,10)25(7,8)22(32)20(16-11-13-17-27)30-24(4,5)6/h19-20,29-30H,11-18,27-28H2,1-10H3. The second kappa shape index (κ2) is 12.6. The minimum Gasteiger partial charge on any atom is -0.330 e. The van der Waals surface area contributed by atoms with Crippen molar-refractivity contribution in [2.24, 2.45) is 22.3 Å². The first-order chi connectivity index (χ1) is 14.4. The summed E-state index contributed by atoms with van der Waals surface area (Å²) in [5, 5.41) is 7.14. The minimum atomic E-state index is -0.558. The van der Waals surface area contributed by atoms with Crippen molar-refractivity contribution in [3.8, 4) is 0 Å². The predicted octanol–water partition coefficient (Wildman–Crippen LogP) is 3.95. The van der Waals surface area contributed by atoms with E-state index in [1.807, 2.05) is 34.6 Å². The van der Waals surface area contributed by atoms with E-state index in [0.717, 1.165) is 38.6 Å². The van der Waals surface area contributed by atoms with Gasteiger partial charge in [0.1, 0.15) is 0 Å². The van der Waals surface area contributed by atoms with Crippen molar-refractivity contribution in [2.45, 2.75) is 131 Å². The average molecular weight is 455 g/mol. The van der Waals surface area contributed by atoms with Gasteiger partial charge in [0.15, 0.2) is 11.6 Å². The van der Waals surface area contributed by atoms with Crippen LogP contribution in [-0.4, -0.2) is 47.8 Å². The van der Waals surface area contributed by atoms with Gasteiger partial charge in [-0.15, -0.1) is 0 Å². The first-order valence-corrected chi connectivity index (χ1v) is 12.4. The van der Waals surface area contributed by atoms with Gasteiger partial charge in [0, 0.05) is 21.9 Å². The van der Waals surface area contributed by atoms with Gasteiger partial charge in [0.2, 0.25) is 0 Å². The fourth-order valence-corrected chi connectivity index (χ4v) is 3.83. The lowest BCUT2D eigenvalue weighted by Gasteiger charge is -2.44. The molecule has 6 nitrogen and oxygen atoms in total. The summed E-state index contributed by atoms with van der Waals surface area (Å²) in [5.74, 6) is 0.351. The highest BCUT2D eigenvalue weighted by molar-refractivity contribution is 5.90. The summed E-state index contributed by atoms with van der Waals surface area (Å²) >= 11 is 0. The number of carbonyl (C=O) groups excluding carboxylic acids is 2. The van der Waals surface area contributed by atoms with E-state index in [-0.39, 0.29) is 28.7 Å². The van der Waals surface area contributed by atoms with E-state index in [1.54, 1.807) is 0 Å². The Morgan fingerprint density at radius 3 is 1.78 bits per heavy atom. The quantitative estimate of drug-likeness (QED) is 0.279. The molecule has 0 saturated heterocycles. The first kappa shape index (κ1) is 31.2. The molecule has 0 amide bonds. The van der Waals surface area contributed by atoms with Crippen LogP contribution in [0.4, 0.5) is 0 Å². The Morgan fingerprint density at radius 1 is 0.781 bits per heavy atom. The average Bonchev–Trinajstić information content (AvgIpc) is 2.63. The van der Waals surface area contributed by atoms with E-state index >= 15 is 0 Å². The second-order valence-corrected chi connectivity index (χ2v) is 12.5. The molecule has 0 fully saturated rings. The van der Waals surface area contributed by atoms with E-state index in [2.05, 4.69) is 45.3 Å². The number of nitrogens with two attached hydrogens (primary N) is 2. The van der Waals surface area contributed by atoms with Crippen LogP contribution in [0.1, 0.15) is 108 Å². The molecule has 0 heterocycles. The summed E-state index contributed by atoms with van der Waals surface area (Å²) in [6.45, 7) is 21.8. The molecule has 6 heteroatoms. The Hall–Kier alpha value is -0.820. The maximum Gasteiger partial charge on any atom is 0.157 e. The highest BCUT2D eigenvalue weighted by atomic mass is 16.1. The van der Waals surface area contributed by atoms with Gasteiger partial charge in [-0.3, -0.25) is 9.59 Å². The second-order valence-electron chi connectivity index (χ2n) is 12.5. The lowest BCUT2D eigenvalue weighted by molar-refractivity contribution is -0.133. The van der Waals surface area contributed by atoms with Gasteiger partial charge in [-0.2, -0.15) is 0 Å². The predicted molar refractivity (Wildman–Crippen MR) is 137 cm³/mol. The van der Waals surface area contributed by atoms with Crippen LogP contribution in [-0.2, 0) is 9.59 Å². The Kier molecular flexibility index (Phi) is 12.3. The van der Waals surface area contributed by atoms with Crippen LogP contribution in [0.5, 0.6) is 0 Å². The third-order valence-electron chi connectivity index (χ3n) is 6.63. The van der Waals surface area contributed by atoms with Gasteiger partial charge < -0.3 is 22.1 Å². The van der Waals surface area contributed by atoms with Crippen LogP contribution >= 0.6 is 0 Å². The number of ketones is 2. The smallest absolute Gasteiger partial charge is 0.157 e. The molecule has 32 heavy (non-hydrogen) atoms. The molecular formula is C26H54N4O2. The lowest BCUT2D eigenvalue weighted by atomic mass is 9.68. The molecule has 190 valence electrons. The Bertz CT molecular complexity index is 586. The number of unbranched alkanes of at least 4 members (excludes halogenated alkanes) is 2. The van der Waals surface area contributed by atoms with Crippen LogP contribution in [0.15, 0.2) is 0 Å². The Labute approximate surface area is 198 Å². The van der Waals surface area contributed by atoms with Crippen molar-refractivity contribution in [3.05, 3.63) is 0 Å². The molecule has 0 aliphatic rings. The number of hydrogen-bond donors (Lipinski definition) is 4. The lowest BCUT2D eigenvalue weighted by Crippen LogP contribution is -2.60. The molecule has 0 aromatic carbocycles. The molecule has 0 radical (unpaired) electrons. The number of rotatable bonds is 15. The van der Waals surface area contributed by atoms with E-state index in [9.17, 15) is 9.59 Å². The molecule has 6 N–H and O–H groups in total. The maximum absolute atomic E-state index is 13.6. The monoisotopic (exact) mass is 454 g/mol. The van der Waals surface area contributed by atoms with E-state index in [0.29, 0.717) is 13.0 Å². The summed E-state index contributed by atoms with van der Waals surface area (Å²) < 4.78 is 0. The molecule has 0 aliphatic carbocycles. The largest absolute Gasteiger partial charge is 0.330 e. The van der Waals surface area contributed by atoms with Crippen molar-refractivity contribution >= 4 is 11.6 Å². The summed E-state index contributed by atoms with van der Waals surface area (Å²) in [6, 6.07) is -0.599. The van der Waals surface area contributed by atoms with Crippen molar-refractivity contribution < 1.29 is 9.59 Å². The highest BCUT2D eigenvalue weighted by Crippen LogP contribution is 2.34. The van der Waals surface area contributed by atoms with Crippen LogP contribution in [0.2, 0.25) is 0 Å². The van der Waals surface area contributed by atoms with Crippen LogP contribution in [0, 0.1) is 10.8 Å². The van der Waals surface area contributed by atoms with Gasteiger partial charge in [0.25, 0.3) is 0 Å². The van der Waals surface area contributed by atoms with E-state index in [1.165, 1.54) is 0 Å². The Balaban J connectivity index is 4.94. The summed E-state index contributed by atoms with van der Waals surface area (Å²) in [4.78, 5) is 25.9. The molecule has 0 spiro atoms. The summed E-state index contributed by atoms with van der Waals surface area (Å²) in [6.07, 6.45) is 5.16. The molecule has 0 aromatic rings. The molecule has 0 aliphatic heterocycles. The summed E-state index contributed by atoms with van der Waals surface area (Å²) in [5.41, 5.74) is 10.3. The summed E-state index contributed by atoms with van der Waals surface area (Å²) in [7, 11) is 0. The fourth-order valence-electron chi connectivity index (χ4n) is 3.83. The third kappa shape index (κ3) is 10.4. The zero-order valence-corrected chi connectivity index (χ0v) is 22.8. The molecule has 2 unspecified atom stereocenters. The first-order valence-electron chi connectivity index (χ1n) is 12.4. The van der Waals surface area contributed by atoms with Gasteiger partial charge in [-0.25, -0.2) is 0 Å². The maximum atomic E-state index is 13.6. The minimum absolute atomic E-state index is 0.115. The zero-order valence-electron chi connectivity index (χ0n) is 22.8. The molecule has 0 bridgehead atoms. The SMILES string of the molecule is CC(C)(C)NC(CCCCN)C(=O)C(C)(C)C(C)(C)NCCCCC(N)C(=O)C(C)(C)C. The Morgan fingerprint density at radius 2 is 1.31 bits per heavy atom. The van der Waals surface area contributed by atoms with Crippen molar-refractivity contribution in [2.75, 3.05) is 13.1 Å². The van der Waals surface area contributed by atoms with E-state index in [4.69, 9.17) is 11.5 Å². The van der Waals surface area contributed by atoms with Gasteiger partial charge >= 0.3 is 0 Å². The van der Waals surface area contributed by atoms with Gasteiger partial charge in [-0.1, -0.05) is 47.5 Å². The number of carbonyl (C=O) groups is 2. The normalized spacial score (nSPS) is 15.5. The number of hydrogen-bond acceptors (Lipinski definition) is 6. The molecule has 0 rings (SSSR count). The third-order valence-corrected chi connectivity index (χ3v) is 6.63.